The van der Waals surface area contributed by atoms with Gasteiger partial charge in [-0.05, 0) is 28.4 Å². The first-order valence-electron chi connectivity index (χ1n) is 15.1. The van der Waals surface area contributed by atoms with Crippen molar-refractivity contribution in [1.29, 1.82) is 0 Å². The van der Waals surface area contributed by atoms with Crippen LogP contribution in [0, 0.1) is 30.9 Å². The van der Waals surface area contributed by atoms with Crippen molar-refractivity contribution in [1.82, 2.24) is 0 Å². The van der Waals surface area contributed by atoms with Crippen molar-refractivity contribution in [2.45, 2.75) is 100 Å². The van der Waals surface area contributed by atoms with Gasteiger partial charge in [-0.25, -0.2) is 5.57 Å². The molecule has 0 aliphatic heterocycles. The molecule has 0 fully saturated rings. The molecule has 0 aromatic heterocycles. The maximum Gasteiger partial charge on any atom is -1.00 e. The Labute approximate surface area is 291 Å². The zero-order valence-electron chi connectivity index (χ0n) is 28.4. The molecule has 0 heterocycles. The molecule has 1 atom stereocenters. The molecular weight excluding hydrogens is 643 g/mol. The molecule has 0 amide bonds. The fraction of sp³-hybridized carbons (Fsp3) is 0.425. The number of rotatable bonds is 2. The summed E-state index contributed by atoms with van der Waals surface area (Å²) in [6, 6.07) is 23.8. The minimum absolute atomic E-state index is 0. The van der Waals surface area contributed by atoms with Gasteiger partial charge < -0.3 is 24.8 Å². The van der Waals surface area contributed by atoms with Gasteiger partial charge in [-0.1, -0.05) is 105 Å². The van der Waals surface area contributed by atoms with Gasteiger partial charge >= 0.3 is 76.7 Å². The van der Waals surface area contributed by atoms with Gasteiger partial charge in [-0.2, -0.15) is 35.4 Å². The summed E-state index contributed by atoms with van der Waals surface area (Å²) < 4.78 is 1.46. The standard InChI is InChI=1S/C21H25.C10H15.C9H10.2ClH.Zr/c1-20(2,3)16-7-9-18-14(12-16)11-15-13-17(21(4,5)6)8-10-19(15)18;1-7(2)10-6-8(3)5-9(10)4;1-3-9-6-4-8(2)5-7-9;;;/h7-10,12H,11H2,1-6H3;6-8H,1-4H3;4-7H,1-2H3;2*1H;/q2*-1;;;;+2/p-2. The van der Waals surface area contributed by atoms with Crippen molar-refractivity contribution in [3.05, 3.63) is 117 Å². The quantitative estimate of drug-likeness (QED) is 0.267. The van der Waals surface area contributed by atoms with E-state index in [1.165, 1.54) is 83.1 Å². The number of fused-ring (bicyclic) bond motifs is 3. The number of allylic oxidation sites excluding steroid dienone is 4. The summed E-state index contributed by atoms with van der Waals surface area (Å²) in [5, 5.41) is 0. The third kappa shape index (κ3) is 10.8. The van der Waals surface area contributed by atoms with Crippen LogP contribution in [-0.4, -0.2) is 3.21 Å². The average Bonchev–Trinajstić information content (AvgIpc) is 3.41. The average molecular weight is 693 g/mol. The van der Waals surface area contributed by atoms with Gasteiger partial charge in [0.15, 0.2) is 0 Å². The first-order valence-corrected chi connectivity index (χ1v) is 16.3. The van der Waals surface area contributed by atoms with Crippen molar-refractivity contribution in [2.24, 2.45) is 11.8 Å². The van der Waals surface area contributed by atoms with Crippen LogP contribution in [0.25, 0.3) is 11.1 Å². The third-order valence-electron chi connectivity index (χ3n) is 7.88. The molecule has 0 saturated heterocycles. The molecule has 0 radical (unpaired) electrons. The van der Waals surface area contributed by atoms with E-state index in [0.29, 0.717) is 11.8 Å². The summed E-state index contributed by atoms with van der Waals surface area (Å²) in [5.41, 5.74) is 14.2. The molecule has 43 heavy (non-hydrogen) atoms. The van der Waals surface area contributed by atoms with Crippen LogP contribution in [-0.2, 0) is 41.5 Å². The van der Waals surface area contributed by atoms with Crippen LogP contribution >= 0.6 is 0 Å². The zero-order valence-corrected chi connectivity index (χ0v) is 32.4. The fourth-order valence-electron chi connectivity index (χ4n) is 5.32. The van der Waals surface area contributed by atoms with E-state index in [4.69, 9.17) is 0 Å². The van der Waals surface area contributed by atoms with Crippen LogP contribution in [0.15, 0.2) is 71.8 Å². The van der Waals surface area contributed by atoms with E-state index < -0.39 is 0 Å². The summed E-state index contributed by atoms with van der Waals surface area (Å²) in [5.74, 6) is 1.20. The zero-order chi connectivity index (χ0) is 30.7. The smallest absolute Gasteiger partial charge is 1.00 e. The van der Waals surface area contributed by atoms with Crippen LogP contribution in [0.3, 0.4) is 0 Å². The summed E-state index contributed by atoms with van der Waals surface area (Å²) >= 11 is 1.51. The first-order chi connectivity index (χ1) is 19.0. The maximum absolute atomic E-state index is 3.67. The molecule has 3 heteroatoms. The molecule has 0 nitrogen and oxygen atoms in total. The van der Waals surface area contributed by atoms with E-state index >= 15 is 0 Å². The molecule has 3 aromatic carbocycles. The number of hydrogen-bond acceptors (Lipinski definition) is 0. The number of aryl methyl sites for hydroxylation is 1. The predicted octanol–water partition coefficient (Wildman–Crippen LogP) is 4.71. The van der Waals surface area contributed by atoms with Crippen molar-refractivity contribution in [3.8, 4) is 11.1 Å². The van der Waals surface area contributed by atoms with Gasteiger partial charge in [-0.15, -0.1) is 11.1 Å². The van der Waals surface area contributed by atoms with E-state index in [9.17, 15) is 0 Å². The molecule has 0 saturated carbocycles. The van der Waals surface area contributed by atoms with E-state index in [-0.39, 0.29) is 35.6 Å². The van der Waals surface area contributed by atoms with Crippen LogP contribution in [0.2, 0.25) is 0 Å². The number of hydrogen-bond donors (Lipinski definition) is 0. The molecular formula is C40H50Cl2Zr-2. The topological polar surface area (TPSA) is 0 Å². The largest absolute Gasteiger partial charge is 1.00 e. The minimum Gasteiger partial charge on any atom is -1.00 e. The maximum atomic E-state index is 3.67. The Bertz CT molecular complexity index is 1380. The second kappa shape index (κ2) is 16.2. The molecule has 2 aliphatic carbocycles. The number of benzene rings is 3. The van der Waals surface area contributed by atoms with E-state index in [1.807, 2.05) is 0 Å². The second-order valence-corrected chi connectivity index (χ2v) is 16.0. The van der Waals surface area contributed by atoms with Gasteiger partial charge in [0.1, 0.15) is 0 Å². The minimum atomic E-state index is 0. The molecule has 230 valence electrons. The predicted molar refractivity (Wildman–Crippen MR) is 176 cm³/mol. The Morgan fingerprint density at radius 3 is 1.86 bits per heavy atom. The molecule has 5 rings (SSSR count). The van der Waals surface area contributed by atoms with Crippen LogP contribution in [0.1, 0.15) is 110 Å². The summed E-state index contributed by atoms with van der Waals surface area (Å²) in [6.07, 6.45) is 6.70. The third-order valence-corrected chi connectivity index (χ3v) is 8.59. The molecule has 0 N–H and O–H groups in total. The molecule has 1 unspecified atom stereocenters. The monoisotopic (exact) mass is 690 g/mol. The van der Waals surface area contributed by atoms with E-state index in [1.54, 1.807) is 0 Å². The van der Waals surface area contributed by atoms with Crippen molar-refractivity contribution >= 4 is 3.21 Å². The number of halogens is 2. The van der Waals surface area contributed by atoms with Crippen LogP contribution in [0.4, 0.5) is 0 Å². The van der Waals surface area contributed by atoms with Gasteiger partial charge in [0.05, 0.1) is 0 Å². The van der Waals surface area contributed by atoms with Crippen LogP contribution in [0.5, 0.6) is 0 Å². The van der Waals surface area contributed by atoms with Gasteiger partial charge in [0, 0.05) is 0 Å². The second-order valence-electron chi connectivity index (χ2n) is 14.1. The van der Waals surface area contributed by atoms with Crippen molar-refractivity contribution in [3.63, 3.8) is 0 Å². The van der Waals surface area contributed by atoms with E-state index in [2.05, 4.69) is 156 Å². The van der Waals surface area contributed by atoms with Crippen LogP contribution < -0.4 is 24.8 Å². The molecule has 0 spiro atoms. The van der Waals surface area contributed by atoms with Crippen molar-refractivity contribution < 1.29 is 49.0 Å². The normalized spacial score (nSPS) is 14.9. The molecule has 0 bridgehead atoms. The Morgan fingerprint density at radius 1 is 0.837 bits per heavy atom. The Morgan fingerprint density at radius 2 is 1.42 bits per heavy atom. The Hall–Kier alpha value is -1.53. The Kier molecular flexibility index (Phi) is 14.8. The molecule has 3 aromatic rings. The summed E-state index contributed by atoms with van der Waals surface area (Å²) in [6.45, 7) is 26.7. The Balaban J connectivity index is 0.000000355. The van der Waals surface area contributed by atoms with E-state index in [0.717, 1.165) is 6.42 Å². The van der Waals surface area contributed by atoms with Gasteiger partial charge in [0.25, 0.3) is 0 Å². The van der Waals surface area contributed by atoms with Gasteiger partial charge in [0.2, 0.25) is 0 Å². The first kappa shape index (κ1) is 39.5. The fourth-order valence-corrected chi connectivity index (χ4v) is 5.73. The molecule has 2 aliphatic rings. The van der Waals surface area contributed by atoms with Gasteiger partial charge in [-0.3, -0.25) is 6.08 Å². The summed E-state index contributed by atoms with van der Waals surface area (Å²) in [7, 11) is 0. The SMILES string of the molecule is CC(C)(C)c1[c-]c2c(cc1)-c1ccc(C(C)(C)C)cc1C2.CC1=[C-]C(C)C=C1C(C)C.C[C](=[Zr+2])c1ccc(C)cc1.[Cl-].[Cl-]. The van der Waals surface area contributed by atoms with Crippen molar-refractivity contribution in [2.75, 3.05) is 0 Å². The summed E-state index contributed by atoms with van der Waals surface area (Å²) in [4.78, 5) is 0.